The largest absolute Gasteiger partial charge is 0.376 e. The van der Waals surface area contributed by atoms with Crippen LogP contribution in [0.5, 0.6) is 0 Å². The van der Waals surface area contributed by atoms with Crippen molar-refractivity contribution in [1.29, 1.82) is 0 Å². The molecule has 0 unspecified atom stereocenters. The zero-order chi connectivity index (χ0) is 15.7. The van der Waals surface area contributed by atoms with Gasteiger partial charge in [0.1, 0.15) is 5.69 Å². The van der Waals surface area contributed by atoms with Crippen molar-refractivity contribution >= 4 is 16.8 Å². The maximum absolute atomic E-state index is 12.3. The smallest absolute Gasteiger partial charge is 0.267 e. The molecule has 0 saturated carbocycles. The van der Waals surface area contributed by atoms with Crippen LogP contribution in [0, 0.1) is 0 Å². The summed E-state index contributed by atoms with van der Waals surface area (Å²) < 4.78 is 5.53. The van der Waals surface area contributed by atoms with E-state index in [1.165, 1.54) is 5.56 Å². The third kappa shape index (κ3) is 3.17. The lowest BCUT2D eigenvalue weighted by molar-refractivity contribution is 0.0854. The molecule has 22 heavy (non-hydrogen) atoms. The number of nitrogens with one attached hydrogen (secondary N) is 2. The summed E-state index contributed by atoms with van der Waals surface area (Å²) in [7, 11) is 0. The second-order valence-electron chi connectivity index (χ2n) is 7.08. The second kappa shape index (κ2) is 5.76. The molecule has 2 heterocycles. The minimum absolute atomic E-state index is 0.0657. The lowest BCUT2D eigenvalue weighted by Crippen LogP contribution is -2.31. The lowest BCUT2D eigenvalue weighted by atomic mass is 9.87. The number of fused-ring (bicyclic) bond motifs is 1. The maximum atomic E-state index is 12.3. The van der Waals surface area contributed by atoms with Gasteiger partial charge in [-0.2, -0.15) is 0 Å². The summed E-state index contributed by atoms with van der Waals surface area (Å²) >= 11 is 0. The quantitative estimate of drug-likeness (QED) is 0.913. The summed E-state index contributed by atoms with van der Waals surface area (Å²) in [5.41, 5.74) is 2.98. The number of aromatic nitrogens is 1. The van der Waals surface area contributed by atoms with Gasteiger partial charge in [-0.3, -0.25) is 4.79 Å². The van der Waals surface area contributed by atoms with E-state index in [-0.39, 0.29) is 17.4 Å². The van der Waals surface area contributed by atoms with Crippen molar-refractivity contribution < 1.29 is 9.53 Å². The number of amides is 1. The van der Waals surface area contributed by atoms with Gasteiger partial charge in [0.15, 0.2) is 0 Å². The van der Waals surface area contributed by atoms with Gasteiger partial charge in [0.05, 0.1) is 6.10 Å². The van der Waals surface area contributed by atoms with Crippen LogP contribution < -0.4 is 5.32 Å². The van der Waals surface area contributed by atoms with Gasteiger partial charge >= 0.3 is 0 Å². The number of carbonyl (C=O) groups excluding carboxylic acids is 1. The van der Waals surface area contributed by atoms with Crippen LogP contribution in [0.25, 0.3) is 10.9 Å². The Morgan fingerprint density at radius 1 is 1.36 bits per heavy atom. The van der Waals surface area contributed by atoms with Crippen LogP contribution >= 0.6 is 0 Å². The zero-order valence-electron chi connectivity index (χ0n) is 13.5. The van der Waals surface area contributed by atoms with E-state index in [0.717, 1.165) is 30.4 Å². The number of rotatable bonds is 3. The molecule has 4 nitrogen and oxygen atoms in total. The zero-order valence-corrected chi connectivity index (χ0v) is 13.5. The number of hydrogen-bond donors (Lipinski definition) is 2. The van der Waals surface area contributed by atoms with Gasteiger partial charge < -0.3 is 15.0 Å². The highest BCUT2D eigenvalue weighted by Gasteiger charge is 2.18. The highest BCUT2D eigenvalue weighted by molar-refractivity contribution is 5.98. The Kier molecular flexibility index (Phi) is 3.96. The van der Waals surface area contributed by atoms with Crippen LogP contribution in [0.3, 0.4) is 0 Å². The van der Waals surface area contributed by atoms with Crippen molar-refractivity contribution in [1.82, 2.24) is 10.3 Å². The predicted octanol–water partition coefficient (Wildman–Crippen LogP) is 3.37. The van der Waals surface area contributed by atoms with Gasteiger partial charge in [0.25, 0.3) is 5.91 Å². The maximum Gasteiger partial charge on any atom is 0.267 e. The standard InChI is InChI=1S/C18H24N2O2/c1-18(2,3)13-7-6-12-9-16(20-15(12)10-13)17(21)19-11-14-5-4-8-22-14/h6-7,9-10,14,20H,4-5,8,11H2,1-3H3,(H,19,21)/t14-/m1/s1. The van der Waals surface area contributed by atoms with Crippen LogP contribution in [-0.2, 0) is 10.2 Å². The van der Waals surface area contributed by atoms with Crippen molar-refractivity contribution in [2.45, 2.75) is 45.1 Å². The molecular weight excluding hydrogens is 276 g/mol. The fraction of sp³-hybridized carbons (Fsp3) is 0.500. The van der Waals surface area contributed by atoms with Crippen LogP contribution in [0.15, 0.2) is 24.3 Å². The molecule has 0 bridgehead atoms. The van der Waals surface area contributed by atoms with Gasteiger partial charge in [-0.15, -0.1) is 0 Å². The second-order valence-corrected chi connectivity index (χ2v) is 7.08. The first-order valence-electron chi connectivity index (χ1n) is 7.96. The normalized spacial score (nSPS) is 18.8. The van der Waals surface area contributed by atoms with E-state index in [1.807, 2.05) is 6.07 Å². The predicted molar refractivity (Wildman–Crippen MR) is 88.3 cm³/mol. The molecule has 1 aliphatic rings. The van der Waals surface area contributed by atoms with Crippen molar-refractivity contribution in [3.63, 3.8) is 0 Å². The minimum Gasteiger partial charge on any atom is -0.376 e. The Labute approximate surface area is 131 Å². The fourth-order valence-electron chi connectivity index (χ4n) is 2.82. The van der Waals surface area contributed by atoms with Crippen LogP contribution in [0.2, 0.25) is 0 Å². The molecule has 1 saturated heterocycles. The Morgan fingerprint density at radius 2 is 2.18 bits per heavy atom. The molecule has 1 aromatic carbocycles. The highest BCUT2D eigenvalue weighted by atomic mass is 16.5. The minimum atomic E-state index is -0.0657. The molecule has 1 atom stereocenters. The van der Waals surface area contributed by atoms with Crippen LogP contribution in [0.1, 0.15) is 49.7 Å². The molecule has 0 spiro atoms. The third-order valence-electron chi connectivity index (χ3n) is 4.25. The summed E-state index contributed by atoms with van der Waals surface area (Å²) in [5.74, 6) is -0.0657. The molecule has 1 fully saturated rings. The number of carbonyl (C=O) groups is 1. The average Bonchev–Trinajstić information content (AvgIpc) is 3.11. The Bertz CT molecular complexity index is 676. The van der Waals surface area contributed by atoms with Crippen LogP contribution in [-0.4, -0.2) is 30.1 Å². The molecule has 3 rings (SSSR count). The van der Waals surface area contributed by atoms with E-state index in [0.29, 0.717) is 12.2 Å². The van der Waals surface area contributed by atoms with Gasteiger partial charge in [0, 0.05) is 24.1 Å². The van der Waals surface area contributed by atoms with Crippen LogP contribution in [0.4, 0.5) is 0 Å². The molecule has 118 valence electrons. The van der Waals surface area contributed by atoms with E-state index in [2.05, 4.69) is 49.3 Å². The van der Waals surface area contributed by atoms with Gasteiger partial charge in [-0.05, 0) is 36.0 Å². The van der Waals surface area contributed by atoms with E-state index >= 15 is 0 Å². The van der Waals surface area contributed by atoms with E-state index in [4.69, 9.17) is 4.74 Å². The SMILES string of the molecule is CC(C)(C)c1ccc2cc(C(=O)NC[C@H]3CCCO3)[nH]c2c1. The van der Waals surface area contributed by atoms with E-state index in [9.17, 15) is 4.79 Å². The Hall–Kier alpha value is -1.81. The monoisotopic (exact) mass is 300 g/mol. The van der Waals surface area contributed by atoms with E-state index in [1.54, 1.807) is 0 Å². The number of hydrogen-bond acceptors (Lipinski definition) is 2. The van der Waals surface area contributed by atoms with Gasteiger partial charge in [-0.1, -0.05) is 32.9 Å². The average molecular weight is 300 g/mol. The molecule has 1 aliphatic heterocycles. The number of benzene rings is 1. The topological polar surface area (TPSA) is 54.1 Å². The first-order chi connectivity index (χ1) is 10.4. The lowest BCUT2D eigenvalue weighted by Gasteiger charge is -2.18. The summed E-state index contributed by atoms with van der Waals surface area (Å²) in [5, 5.41) is 4.02. The summed E-state index contributed by atoms with van der Waals surface area (Å²) in [6, 6.07) is 8.24. The third-order valence-corrected chi connectivity index (χ3v) is 4.25. The molecule has 0 radical (unpaired) electrons. The molecular formula is C18H24N2O2. The molecule has 4 heteroatoms. The molecule has 2 N–H and O–H groups in total. The molecule has 2 aromatic rings. The highest BCUT2D eigenvalue weighted by Crippen LogP contribution is 2.26. The number of aromatic amines is 1. The summed E-state index contributed by atoms with van der Waals surface area (Å²) in [4.78, 5) is 15.5. The van der Waals surface area contributed by atoms with Gasteiger partial charge in [0.2, 0.25) is 0 Å². The molecule has 1 aromatic heterocycles. The van der Waals surface area contributed by atoms with Crippen molar-refractivity contribution in [2.75, 3.05) is 13.2 Å². The molecule has 0 aliphatic carbocycles. The van der Waals surface area contributed by atoms with Crippen molar-refractivity contribution in [3.8, 4) is 0 Å². The molecule has 1 amide bonds. The van der Waals surface area contributed by atoms with Gasteiger partial charge in [-0.25, -0.2) is 0 Å². The first kappa shape index (κ1) is 15.1. The fourth-order valence-corrected chi connectivity index (χ4v) is 2.82. The Morgan fingerprint density at radius 3 is 2.86 bits per heavy atom. The van der Waals surface area contributed by atoms with E-state index < -0.39 is 0 Å². The van der Waals surface area contributed by atoms with Crippen molar-refractivity contribution in [2.24, 2.45) is 0 Å². The number of H-pyrrole nitrogens is 1. The Balaban J connectivity index is 1.74. The number of ether oxygens (including phenoxy) is 1. The summed E-state index contributed by atoms with van der Waals surface area (Å²) in [6.45, 7) is 7.95. The summed E-state index contributed by atoms with van der Waals surface area (Å²) in [6.07, 6.45) is 2.28. The first-order valence-corrected chi connectivity index (χ1v) is 7.96. The van der Waals surface area contributed by atoms with Crippen molar-refractivity contribution in [3.05, 3.63) is 35.5 Å².